The first-order valence-electron chi connectivity index (χ1n) is 6.58. The second kappa shape index (κ2) is 7.12. The Morgan fingerprint density at radius 3 is 2.86 bits per heavy atom. The average molecular weight is 330 g/mol. The van der Waals surface area contributed by atoms with Crippen molar-refractivity contribution in [3.05, 3.63) is 28.0 Å². The summed E-state index contributed by atoms with van der Waals surface area (Å²) in [5.74, 6) is 0.302. The van der Waals surface area contributed by atoms with Crippen LogP contribution in [0.15, 0.2) is 21.9 Å². The van der Waals surface area contributed by atoms with Gasteiger partial charge in [-0.1, -0.05) is 12.1 Å². The quantitative estimate of drug-likeness (QED) is 0.711. The Labute approximate surface area is 127 Å². The minimum atomic E-state index is -3.57. The molecule has 0 bridgehead atoms. The first kappa shape index (κ1) is 16.1. The van der Waals surface area contributed by atoms with Gasteiger partial charge in [-0.05, 0) is 26.0 Å². The van der Waals surface area contributed by atoms with Crippen molar-refractivity contribution in [2.45, 2.75) is 38.3 Å². The Morgan fingerprint density at radius 2 is 2.19 bits per heavy atom. The molecule has 21 heavy (non-hydrogen) atoms. The van der Waals surface area contributed by atoms with E-state index in [0.29, 0.717) is 17.3 Å². The minimum absolute atomic E-state index is 0.0114. The van der Waals surface area contributed by atoms with Crippen molar-refractivity contribution in [1.29, 1.82) is 0 Å². The Morgan fingerprint density at radius 1 is 1.38 bits per heavy atom. The maximum absolute atomic E-state index is 12.3. The lowest BCUT2D eigenvalue weighted by molar-refractivity contribution is 0.409. The Hall–Kier alpha value is -1.29. The minimum Gasteiger partial charge on any atom is -0.343 e. The lowest BCUT2D eigenvalue weighted by atomic mass is 10.4. The molecule has 0 fully saturated rings. The van der Waals surface area contributed by atoms with E-state index < -0.39 is 10.0 Å². The number of rotatable bonds is 8. The highest BCUT2D eigenvalue weighted by atomic mass is 32.2. The third-order valence-corrected chi connectivity index (χ3v) is 5.47. The van der Waals surface area contributed by atoms with Crippen LogP contribution in [0.25, 0.3) is 0 Å². The van der Waals surface area contributed by atoms with Gasteiger partial charge >= 0.3 is 0 Å². The zero-order valence-electron chi connectivity index (χ0n) is 11.9. The second-order valence-electron chi connectivity index (χ2n) is 4.48. The first-order chi connectivity index (χ1) is 10.0. The fraction of sp³-hybridized carbons (Fsp3) is 0.500. The molecular formula is C12H18N4O3S2. The van der Waals surface area contributed by atoms with E-state index >= 15 is 0 Å². The molecule has 7 nitrogen and oxygen atoms in total. The highest BCUT2D eigenvalue weighted by Gasteiger charge is 2.20. The summed E-state index contributed by atoms with van der Waals surface area (Å²) in [7, 11) is -3.57. The van der Waals surface area contributed by atoms with Crippen molar-refractivity contribution in [1.82, 2.24) is 20.2 Å². The number of aryl methyl sites for hydroxylation is 1. The van der Waals surface area contributed by atoms with Crippen LogP contribution < -0.4 is 10.0 Å². The van der Waals surface area contributed by atoms with Crippen LogP contribution in [0.1, 0.15) is 28.9 Å². The van der Waals surface area contributed by atoms with Crippen molar-refractivity contribution < 1.29 is 12.9 Å². The normalized spacial score (nSPS) is 11.9. The average Bonchev–Trinajstić information content (AvgIpc) is 3.07. The molecule has 0 unspecified atom stereocenters. The van der Waals surface area contributed by atoms with Gasteiger partial charge in [0, 0.05) is 16.3 Å². The van der Waals surface area contributed by atoms with Gasteiger partial charge in [-0.25, -0.2) is 13.1 Å². The number of sulfonamides is 1. The molecule has 2 aromatic rings. The fourth-order valence-electron chi connectivity index (χ4n) is 1.77. The molecule has 0 saturated carbocycles. The summed E-state index contributed by atoms with van der Waals surface area (Å²) < 4.78 is 31.6. The summed E-state index contributed by atoms with van der Waals surface area (Å²) in [6.07, 6.45) is 2.21. The predicted molar refractivity (Wildman–Crippen MR) is 79.4 cm³/mol. The molecule has 0 aromatic carbocycles. The molecule has 116 valence electrons. The van der Waals surface area contributed by atoms with E-state index in [1.165, 1.54) is 11.3 Å². The van der Waals surface area contributed by atoms with Crippen molar-refractivity contribution in [2.24, 2.45) is 0 Å². The maximum Gasteiger partial charge on any atom is 0.242 e. The van der Waals surface area contributed by atoms with Gasteiger partial charge < -0.3 is 9.84 Å². The summed E-state index contributed by atoms with van der Waals surface area (Å²) in [6, 6.07) is 1.71. The van der Waals surface area contributed by atoms with Crippen LogP contribution in [0, 0.1) is 6.92 Å². The van der Waals surface area contributed by atoms with Gasteiger partial charge in [-0.2, -0.15) is 4.98 Å². The number of thiophene rings is 1. The standard InChI is InChI=1S/C12H18N4O3S2/c1-3-4-13-6-10-5-11(9(2)20-10)21(17,18)15-7-12-14-8-19-16-12/h5,8,13,15H,3-4,6-7H2,1-2H3. The van der Waals surface area contributed by atoms with Gasteiger partial charge in [0.2, 0.25) is 16.4 Å². The van der Waals surface area contributed by atoms with Crippen molar-refractivity contribution >= 4 is 21.4 Å². The number of nitrogens with one attached hydrogen (secondary N) is 2. The van der Waals surface area contributed by atoms with E-state index in [1.54, 1.807) is 13.0 Å². The molecule has 0 atom stereocenters. The van der Waals surface area contributed by atoms with Crippen LogP contribution in [0.2, 0.25) is 0 Å². The smallest absolute Gasteiger partial charge is 0.242 e. The number of hydrogen-bond acceptors (Lipinski definition) is 7. The lowest BCUT2D eigenvalue weighted by Crippen LogP contribution is -2.24. The Balaban J connectivity index is 2.05. The molecule has 0 amide bonds. The third kappa shape index (κ3) is 4.34. The molecule has 0 aliphatic rings. The zero-order valence-corrected chi connectivity index (χ0v) is 13.6. The monoisotopic (exact) mass is 330 g/mol. The maximum atomic E-state index is 12.3. The van der Waals surface area contributed by atoms with Gasteiger partial charge in [0.1, 0.15) is 0 Å². The van der Waals surface area contributed by atoms with Crippen LogP contribution in [0.5, 0.6) is 0 Å². The van der Waals surface area contributed by atoms with Crippen LogP contribution in [0.4, 0.5) is 0 Å². The zero-order chi connectivity index (χ0) is 15.3. The Kier molecular flexibility index (Phi) is 5.45. The SMILES string of the molecule is CCCNCc1cc(S(=O)(=O)NCc2ncon2)c(C)s1. The van der Waals surface area contributed by atoms with Crippen LogP contribution in [0.3, 0.4) is 0 Å². The number of nitrogens with zero attached hydrogens (tertiary/aromatic N) is 2. The molecular weight excluding hydrogens is 312 g/mol. The van der Waals surface area contributed by atoms with E-state index in [1.807, 2.05) is 0 Å². The molecule has 2 heterocycles. The summed E-state index contributed by atoms with van der Waals surface area (Å²) in [4.78, 5) is 5.86. The highest BCUT2D eigenvalue weighted by Crippen LogP contribution is 2.25. The summed E-state index contributed by atoms with van der Waals surface area (Å²) >= 11 is 1.48. The van der Waals surface area contributed by atoms with E-state index in [0.717, 1.165) is 29.1 Å². The highest BCUT2D eigenvalue weighted by molar-refractivity contribution is 7.89. The molecule has 2 N–H and O–H groups in total. The molecule has 2 rings (SSSR count). The molecule has 0 aliphatic carbocycles. The third-order valence-electron chi connectivity index (χ3n) is 2.77. The molecule has 0 radical (unpaired) electrons. The van der Waals surface area contributed by atoms with Gasteiger partial charge in [0.25, 0.3) is 0 Å². The second-order valence-corrected chi connectivity index (χ2v) is 7.56. The first-order valence-corrected chi connectivity index (χ1v) is 8.88. The number of hydrogen-bond donors (Lipinski definition) is 2. The number of aromatic nitrogens is 2. The van der Waals surface area contributed by atoms with Gasteiger partial charge in [-0.15, -0.1) is 11.3 Å². The largest absolute Gasteiger partial charge is 0.343 e. The predicted octanol–water partition coefficient (Wildman–Crippen LogP) is 1.42. The van der Waals surface area contributed by atoms with Crippen LogP contribution >= 0.6 is 11.3 Å². The summed E-state index contributed by atoms with van der Waals surface area (Å²) in [6.45, 7) is 5.49. The topological polar surface area (TPSA) is 97.1 Å². The molecule has 0 spiro atoms. The molecule has 0 aliphatic heterocycles. The molecule has 9 heteroatoms. The van der Waals surface area contributed by atoms with E-state index in [-0.39, 0.29) is 6.54 Å². The van der Waals surface area contributed by atoms with Crippen molar-refractivity contribution in [3.8, 4) is 0 Å². The fourth-order valence-corrected chi connectivity index (χ4v) is 4.36. The Bertz CT molecular complexity index is 665. The van der Waals surface area contributed by atoms with Crippen LogP contribution in [-0.4, -0.2) is 25.1 Å². The summed E-state index contributed by atoms with van der Waals surface area (Å²) in [5.41, 5.74) is 0. The van der Waals surface area contributed by atoms with Crippen molar-refractivity contribution in [3.63, 3.8) is 0 Å². The van der Waals surface area contributed by atoms with Gasteiger partial charge in [0.05, 0.1) is 11.4 Å². The van der Waals surface area contributed by atoms with Crippen LogP contribution in [-0.2, 0) is 23.1 Å². The molecule has 0 saturated heterocycles. The van der Waals surface area contributed by atoms with E-state index in [9.17, 15) is 8.42 Å². The van der Waals surface area contributed by atoms with Crippen molar-refractivity contribution in [2.75, 3.05) is 6.54 Å². The van der Waals surface area contributed by atoms with Gasteiger partial charge in [0.15, 0.2) is 5.82 Å². The lowest BCUT2D eigenvalue weighted by Gasteiger charge is -2.03. The van der Waals surface area contributed by atoms with E-state index in [2.05, 4.69) is 31.6 Å². The van der Waals surface area contributed by atoms with Gasteiger partial charge in [-0.3, -0.25) is 0 Å². The summed E-state index contributed by atoms with van der Waals surface area (Å²) in [5, 5.41) is 6.83. The van der Waals surface area contributed by atoms with E-state index in [4.69, 9.17) is 0 Å². The molecule has 2 aromatic heterocycles.